The molecule has 1 amide bonds. The van der Waals surface area contributed by atoms with Crippen LogP contribution in [0.5, 0.6) is 17.2 Å². The second-order valence-corrected chi connectivity index (χ2v) is 8.28. The van der Waals surface area contributed by atoms with E-state index in [0.29, 0.717) is 17.9 Å². The molecule has 0 fully saturated rings. The number of carboxylic acids is 2. The number of aromatic amines is 1. The first-order chi connectivity index (χ1) is 18.4. The zero-order valence-electron chi connectivity index (χ0n) is 20.7. The molecule has 0 aliphatic carbocycles. The molecular weight excluding hydrogens is 527 g/mol. The van der Waals surface area contributed by atoms with Gasteiger partial charge in [0.1, 0.15) is 23.9 Å². The van der Waals surface area contributed by atoms with E-state index in [9.17, 15) is 22.8 Å². The number of aromatic nitrogens is 2. The molecule has 1 unspecified atom stereocenters. The Morgan fingerprint density at radius 2 is 1.90 bits per heavy atom. The minimum Gasteiger partial charge on any atom is -0.497 e. The number of rotatable bonds is 7. The smallest absolute Gasteiger partial charge is 0.490 e. The lowest BCUT2D eigenvalue weighted by Gasteiger charge is -2.25. The number of amides is 1. The molecule has 0 saturated heterocycles. The number of alkyl halides is 3. The molecule has 0 bridgehead atoms. The highest BCUT2D eigenvalue weighted by Crippen LogP contribution is 2.34. The molecule has 2 heterocycles. The van der Waals surface area contributed by atoms with Gasteiger partial charge in [-0.05, 0) is 54.8 Å². The van der Waals surface area contributed by atoms with Crippen molar-refractivity contribution in [2.24, 2.45) is 5.92 Å². The molecule has 3 aromatic rings. The van der Waals surface area contributed by atoms with E-state index in [4.69, 9.17) is 29.2 Å². The van der Waals surface area contributed by atoms with Crippen molar-refractivity contribution in [2.45, 2.75) is 19.5 Å². The third kappa shape index (κ3) is 7.63. The zero-order valence-corrected chi connectivity index (χ0v) is 20.7. The lowest BCUT2D eigenvalue weighted by molar-refractivity contribution is -0.192. The van der Waals surface area contributed by atoms with Gasteiger partial charge in [0.25, 0.3) is 0 Å². The molecule has 1 aliphatic heterocycles. The van der Waals surface area contributed by atoms with Crippen LogP contribution in [0.4, 0.5) is 18.9 Å². The Labute approximate surface area is 219 Å². The minimum absolute atomic E-state index is 0.239. The second kappa shape index (κ2) is 12.2. The maximum absolute atomic E-state index is 13.0. The molecule has 208 valence electrons. The van der Waals surface area contributed by atoms with E-state index in [1.807, 2.05) is 31.2 Å². The third-order valence-corrected chi connectivity index (χ3v) is 5.52. The van der Waals surface area contributed by atoms with Crippen LogP contribution < -0.4 is 19.5 Å². The first-order valence-electron chi connectivity index (χ1n) is 11.3. The highest BCUT2D eigenvalue weighted by atomic mass is 19.4. The summed E-state index contributed by atoms with van der Waals surface area (Å²) < 4.78 is 48.2. The number of carbonyl (C=O) groups excluding carboxylic acids is 1. The van der Waals surface area contributed by atoms with Gasteiger partial charge in [0.15, 0.2) is 6.61 Å². The van der Waals surface area contributed by atoms with Crippen LogP contribution >= 0.6 is 0 Å². The number of ether oxygens (including phenoxy) is 3. The normalized spacial score (nSPS) is 14.1. The molecule has 11 nitrogen and oxygen atoms in total. The molecule has 1 aromatic heterocycles. The fourth-order valence-electron chi connectivity index (χ4n) is 3.59. The summed E-state index contributed by atoms with van der Waals surface area (Å²) in [6, 6.07) is 10.7. The number of hydrogen-bond donors (Lipinski definition) is 4. The Morgan fingerprint density at radius 1 is 1.18 bits per heavy atom. The van der Waals surface area contributed by atoms with Crippen LogP contribution in [0.15, 0.2) is 42.6 Å². The largest absolute Gasteiger partial charge is 0.497 e. The Balaban J connectivity index is 0.000000532. The topological polar surface area (TPSA) is 160 Å². The monoisotopic (exact) mass is 551 g/mol. The molecule has 0 spiro atoms. The van der Waals surface area contributed by atoms with Gasteiger partial charge in [-0.2, -0.15) is 18.3 Å². The number of halogens is 3. The molecule has 1 aliphatic rings. The fraction of sp³-hybridized carbons (Fsp3) is 0.280. The van der Waals surface area contributed by atoms with Crippen LogP contribution in [0.1, 0.15) is 11.3 Å². The molecule has 0 saturated carbocycles. The van der Waals surface area contributed by atoms with E-state index in [1.54, 1.807) is 25.4 Å². The Kier molecular flexibility index (Phi) is 9.01. The summed E-state index contributed by atoms with van der Waals surface area (Å²) in [5.41, 5.74) is 3.78. The summed E-state index contributed by atoms with van der Waals surface area (Å²) in [4.78, 5) is 32.9. The molecule has 14 heteroatoms. The summed E-state index contributed by atoms with van der Waals surface area (Å²) in [5, 5.41) is 25.9. The standard InChI is InChI=1S/C23H23N3O6.C2HF3O2/c1-13-18(10-24-26-13)14-3-5-19(21(9-14)32-12-22(27)28)25-23(29)16-7-15-8-17(30-2)4-6-20(15)31-11-16;3-2(4,5)1(6)7/h3-6,8-10,16H,7,11-12H2,1-2H3,(H,24,26)(H,25,29)(H,27,28);(H,6,7). The quantitative estimate of drug-likeness (QED) is 0.343. The average Bonchev–Trinajstić information content (AvgIpc) is 3.32. The number of carboxylic acid groups (broad SMARTS) is 2. The van der Waals surface area contributed by atoms with Gasteiger partial charge in [0.2, 0.25) is 5.91 Å². The van der Waals surface area contributed by atoms with Gasteiger partial charge in [-0.25, -0.2) is 9.59 Å². The van der Waals surface area contributed by atoms with Crippen LogP contribution in [0.2, 0.25) is 0 Å². The van der Waals surface area contributed by atoms with E-state index in [-0.39, 0.29) is 18.3 Å². The van der Waals surface area contributed by atoms with Crippen molar-refractivity contribution in [3.8, 4) is 28.4 Å². The van der Waals surface area contributed by atoms with Crippen LogP contribution in [-0.4, -0.2) is 64.8 Å². The molecule has 1 atom stereocenters. The fourth-order valence-corrected chi connectivity index (χ4v) is 3.59. The Hall–Kier alpha value is -4.75. The third-order valence-electron chi connectivity index (χ3n) is 5.52. The number of fused-ring (bicyclic) bond motifs is 1. The predicted molar refractivity (Wildman–Crippen MR) is 130 cm³/mol. The first-order valence-corrected chi connectivity index (χ1v) is 11.3. The number of anilines is 1. The Morgan fingerprint density at radius 3 is 2.49 bits per heavy atom. The van der Waals surface area contributed by atoms with Gasteiger partial charge < -0.3 is 29.7 Å². The van der Waals surface area contributed by atoms with Gasteiger partial charge in [-0.3, -0.25) is 9.89 Å². The Bertz CT molecular complexity index is 1360. The summed E-state index contributed by atoms with van der Waals surface area (Å²) in [6.45, 7) is 1.59. The van der Waals surface area contributed by atoms with E-state index in [1.165, 1.54) is 0 Å². The maximum Gasteiger partial charge on any atom is 0.490 e. The lowest BCUT2D eigenvalue weighted by Crippen LogP contribution is -2.32. The first kappa shape index (κ1) is 28.8. The average molecular weight is 551 g/mol. The summed E-state index contributed by atoms with van der Waals surface area (Å²) in [7, 11) is 1.59. The lowest BCUT2D eigenvalue weighted by atomic mass is 9.95. The highest BCUT2D eigenvalue weighted by molar-refractivity contribution is 5.95. The van der Waals surface area contributed by atoms with Gasteiger partial charge in [-0.1, -0.05) is 6.07 Å². The number of benzene rings is 2. The number of nitrogens with zero attached hydrogens (tertiary/aromatic N) is 1. The molecule has 4 rings (SSSR count). The number of H-pyrrole nitrogens is 1. The van der Waals surface area contributed by atoms with E-state index in [2.05, 4.69) is 15.5 Å². The summed E-state index contributed by atoms with van der Waals surface area (Å²) >= 11 is 0. The highest BCUT2D eigenvalue weighted by Gasteiger charge is 2.38. The second-order valence-electron chi connectivity index (χ2n) is 8.28. The van der Waals surface area contributed by atoms with E-state index in [0.717, 1.165) is 28.1 Å². The number of methoxy groups -OCH3 is 1. The van der Waals surface area contributed by atoms with Crippen molar-refractivity contribution in [1.82, 2.24) is 10.2 Å². The molecule has 39 heavy (non-hydrogen) atoms. The van der Waals surface area contributed by atoms with Crippen LogP contribution in [-0.2, 0) is 20.8 Å². The van der Waals surface area contributed by atoms with E-state index >= 15 is 0 Å². The van der Waals surface area contributed by atoms with Crippen LogP contribution in [0.25, 0.3) is 11.1 Å². The van der Waals surface area contributed by atoms with Crippen LogP contribution in [0.3, 0.4) is 0 Å². The van der Waals surface area contributed by atoms with Crippen molar-refractivity contribution < 1.29 is 52.0 Å². The summed E-state index contributed by atoms with van der Waals surface area (Å²) in [5.74, 6) is -2.84. The number of carbonyl (C=O) groups is 3. The molecule has 4 N–H and O–H groups in total. The van der Waals surface area contributed by atoms with Crippen molar-refractivity contribution in [1.29, 1.82) is 0 Å². The van der Waals surface area contributed by atoms with Crippen molar-refractivity contribution in [2.75, 3.05) is 25.6 Å². The van der Waals surface area contributed by atoms with Crippen molar-refractivity contribution in [3.63, 3.8) is 0 Å². The maximum atomic E-state index is 13.0. The van der Waals surface area contributed by atoms with Gasteiger partial charge in [0, 0.05) is 11.3 Å². The van der Waals surface area contributed by atoms with Crippen LogP contribution in [0, 0.1) is 12.8 Å². The number of aryl methyl sites for hydroxylation is 1. The van der Waals surface area contributed by atoms with Crippen molar-refractivity contribution >= 4 is 23.5 Å². The van der Waals surface area contributed by atoms with Gasteiger partial charge >= 0.3 is 18.1 Å². The van der Waals surface area contributed by atoms with Gasteiger partial charge in [0.05, 0.1) is 24.9 Å². The minimum atomic E-state index is -5.08. The number of nitrogens with one attached hydrogen (secondary N) is 2. The van der Waals surface area contributed by atoms with Crippen molar-refractivity contribution in [3.05, 3.63) is 53.9 Å². The zero-order chi connectivity index (χ0) is 28.7. The van der Waals surface area contributed by atoms with Gasteiger partial charge in [-0.15, -0.1) is 0 Å². The molecule has 0 radical (unpaired) electrons. The molecule has 2 aromatic carbocycles. The SMILES string of the molecule is COc1ccc2c(c1)CC(C(=O)Nc1ccc(-c3cn[nH]c3C)cc1OCC(=O)O)CO2.O=C(O)C(F)(F)F. The number of aliphatic carboxylic acids is 2. The molecular formula is C25H24F3N3O8. The van der Waals surface area contributed by atoms with E-state index < -0.39 is 30.6 Å². The summed E-state index contributed by atoms with van der Waals surface area (Å²) in [6.07, 6.45) is -2.91. The predicted octanol–water partition coefficient (Wildman–Crippen LogP) is 3.68. The number of hydrogen-bond acceptors (Lipinski definition) is 7.